The number of pyridine rings is 2. The van der Waals surface area contributed by atoms with Crippen LogP contribution in [-0.2, 0) is 5.67 Å². The first-order valence-electron chi connectivity index (χ1n) is 10.5. The normalized spacial score (nSPS) is 18.3. The number of fused-ring (bicyclic) bond motifs is 1. The first kappa shape index (κ1) is 21.6. The minimum absolute atomic E-state index is 0.137. The number of halogens is 1. The van der Waals surface area contributed by atoms with Crippen LogP contribution in [0.15, 0.2) is 49.2 Å². The number of hydrogen-bond acceptors (Lipinski definition) is 6. The van der Waals surface area contributed by atoms with E-state index in [2.05, 4.69) is 32.5 Å². The van der Waals surface area contributed by atoms with E-state index in [0.29, 0.717) is 35.0 Å². The molecule has 166 valence electrons. The van der Waals surface area contributed by atoms with Crippen LogP contribution in [0.1, 0.15) is 33.3 Å². The fraction of sp³-hybridized carbons (Fsp3) is 0.348. The van der Waals surface area contributed by atoms with Gasteiger partial charge in [-0.05, 0) is 51.0 Å². The summed E-state index contributed by atoms with van der Waals surface area (Å²) >= 11 is 0. The Kier molecular flexibility index (Phi) is 5.73. The molecule has 2 N–H and O–H groups in total. The van der Waals surface area contributed by atoms with Crippen LogP contribution >= 0.6 is 0 Å². The van der Waals surface area contributed by atoms with Gasteiger partial charge in [0.25, 0.3) is 0 Å². The molecule has 0 aromatic carbocycles. The van der Waals surface area contributed by atoms with Gasteiger partial charge in [0.1, 0.15) is 17.8 Å². The highest BCUT2D eigenvalue weighted by Crippen LogP contribution is 2.35. The highest BCUT2D eigenvalue weighted by molar-refractivity contribution is 6.03. The van der Waals surface area contributed by atoms with Crippen LogP contribution in [-0.4, -0.2) is 38.6 Å². The second-order valence-electron chi connectivity index (χ2n) is 8.50. The van der Waals surface area contributed by atoms with Gasteiger partial charge >= 0.3 is 6.03 Å². The van der Waals surface area contributed by atoms with Crippen molar-refractivity contribution >= 4 is 23.4 Å². The van der Waals surface area contributed by atoms with Gasteiger partial charge in [0.15, 0.2) is 5.82 Å². The van der Waals surface area contributed by atoms with Crippen molar-refractivity contribution in [2.75, 3.05) is 22.1 Å². The SMILES string of the molecule is C[C@@H]1CNc2ccc(-c3cncc(C(C)(C)F)c3)nc2N(C(=O)Nc2ccncn2)[C@@H]1C. The third-order valence-electron chi connectivity index (χ3n) is 5.70. The van der Waals surface area contributed by atoms with E-state index >= 15 is 0 Å². The molecule has 0 radical (unpaired) electrons. The second kappa shape index (κ2) is 8.49. The van der Waals surface area contributed by atoms with Crippen molar-refractivity contribution in [1.82, 2.24) is 19.9 Å². The van der Waals surface area contributed by atoms with E-state index in [1.165, 1.54) is 26.4 Å². The Balaban J connectivity index is 1.76. The van der Waals surface area contributed by atoms with Crippen LogP contribution in [0.5, 0.6) is 0 Å². The number of carbonyl (C=O) groups excluding carboxylic acids is 1. The third-order valence-corrected chi connectivity index (χ3v) is 5.70. The van der Waals surface area contributed by atoms with Gasteiger partial charge in [0.05, 0.1) is 11.4 Å². The molecule has 0 saturated heterocycles. The minimum Gasteiger partial charge on any atom is -0.382 e. The molecule has 1 aliphatic rings. The molecule has 9 heteroatoms. The average molecular weight is 436 g/mol. The fourth-order valence-electron chi connectivity index (χ4n) is 3.54. The Morgan fingerprint density at radius 3 is 2.75 bits per heavy atom. The molecule has 0 unspecified atom stereocenters. The molecule has 0 aliphatic carbocycles. The summed E-state index contributed by atoms with van der Waals surface area (Å²) in [5.41, 5.74) is 0.967. The van der Waals surface area contributed by atoms with Crippen molar-refractivity contribution < 1.29 is 9.18 Å². The maximum Gasteiger partial charge on any atom is 0.328 e. The molecule has 0 fully saturated rings. The molecular weight excluding hydrogens is 409 g/mol. The van der Waals surface area contributed by atoms with Gasteiger partial charge in [-0.2, -0.15) is 0 Å². The molecule has 32 heavy (non-hydrogen) atoms. The van der Waals surface area contributed by atoms with Crippen molar-refractivity contribution in [3.8, 4) is 11.3 Å². The lowest BCUT2D eigenvalue weighted by Gasteiger charge is -2.30. The van der Waals surface area contributed by atoms with Crippen LogP contribution in [0.2, 0.25) is 0 Å². The van der Waals surface area contributed by atoms with Gasteiger partial charge < -0.3 is 5.32 Å². The average Bonchev–Trinajstić information content (AvgIpc) is 2.90. The van der Waals surface area contributed by atoms with E-state index in [9.17, 15) is 9.18 Å². The van der Waals surface area contributed by atoms with E-state index in [1.807, 2.05) is 19.1 Å². The highest BCUT2D eigenvalue weighted by atomic mass is 19.1. The summed E-state index contributed by atoms with van der Waals surface area (Å²) in [7, 11) is 0. The Bertz CT molecular complexity index is 1120. The molecule has 3 aromatic heterocycles. The number of carbonyl (C=O) groups is 1. The first-order valence-corrected chi connectivity index (χ1v) is 10.5. The molecule has 0 spiro atoms. The molecule has 8 nitrogen and oxygen atoms in total. The molecular formula is C23H26FN7O. The number of hydrogen-bond donors (Lipinski definition) is 2. The van der Waals surface area contributed by atoms with Crippen LogP contribution in [0.3, 0.4) is 0 Å². The Hall–Kier alpha value is -3.62. The fourth-order valence-corrected chi connectivity index (χ4v) is 3.54. The second-order valence-corrected chi connectivity index (χ2v) is 8.50. The smallest absolute Gasteiger partial charge is 0.328 e. The van der Waals surface area contributed by atoms with Crippen LogP contribution in [0.4, 0.5) is 26.5 Å². The Labute approximate surface area is 186 Å². The number of amides is 2. The Morgan fingerprint density at radius 1 is 1.22 bits per heavy atom. The summed E-state index contributed by atoms with van der Waals surface area (Å²) in [5.74, 6) is 1.07. The molecule has 2 amide bonds. The van der Waals surface area contributed by atoms with Crippen LogP contribution < -0.4 is 15.5 Å². The number of urea groups is 1. The number of nitrogens with one attached hydrogen (secondary N) is 2. The number of aromatic nitrogens is 4. The highest BCUT2D eigenvalue weighted by Gasteiger charge is 2.32. The van der Waals surface area contributed by atoms with Crippen LogP contribution in [0.25, 0.3) is 11.3 Å². The predicted molar refractivity (Wildman–Crippen MR) is 122 cm³/mol. The monoisotopic (exact) mass is 435 g/mol. The van der Waals surface area contributed by atoms with Gasteiger partial charge in [-0.1, -0.05) is 6.92 Å². The first-order chi connectivity index (χ1) is 15.2. The molecule has 4 rings (SSSR count). The van der Waals surface area contributed by atoms with Crippen LogP contribution in [0, 0.1) is 5.92 Å². The standard InChI is InChI=1S/C23H26FN7O/c1-14-10-27-19-6-5-18(16-9-17(12-26-11-16)23(3,4)24)29-21(19)31(15(14)2)22(32)30-20-7-8-25-13-28-20/h5-9,11-15,27H,10H2,1-4H3,(H,25,28,30,32)/t14-,15-/m1/s1. The summed E-state index contributed by atoms with van der Waals surface area (Å²) in [6.45, 7) is 7.74. The van der Waals surface area contributed by atoms with Gasteiger partial charge in [-0.25, -0.2) is 24.1 Å². The lowest BCUT2D eigenvalue weighted by atomic mass is 10.00. The quantitative estimate of drug-likeness (QED) is 0.623. The number of anilines is 3. The maximum absolute atomic E-state index is 14.5. The van der Waals surface area contributed by atoms with E-state index < -0.39 is 5.67 Å². The van der Waals surface area contributed by atoms with Crippen molar-refractivity contribution in [3.05, 3.63) is 54.7 Å². The maximum atomic E-state index is 14.5. The molecule has 1 aliphatic heterocycles. The number of rotatable bonds is 3. The molecule has 0 bridgehead atoms. The zero-order valence-electron chi connectivity index (χ0n) is 18.5. The zero-order valence-corrected chi connectivity index (χ0v) is 18.5. The van der Waals surface area contributed by atoms with Gasteiger partial charge in [-0.15, -0.1) is 0 Å². The van der Waals surface area contributed by atoms with Gasteiger partial charge in [-0.3, -0.25) is 15.2 Å². The topological polar surface area (TPSA) is 95.9 Å². The van der Waals surface area contributed by atoms with Crippen molar-refractivity contribution in [3.63, 3.8) is 0 Å². The van der Waals surface area contributed by atoms with E-state index in [0.717, 1.165) is 5.69 Å². The summed E-state index contributed by atoms with van der Waals surface area (Å²) in [5, 5.41) is 6.21. The summed E-state index contributed by atoms with van der Waals surface area (Å²) < 4.78 is 14.5. The largest absolute Gasteiger partial charge is 0.382 e. The molecule has 2 atom stereocenters. The lowest BCUT2D eigenvalue weighted by molar-refractivity contribution is 0.221. The van der Waals surface area contributed by atoms with Crippen molar-refractivity contribution in [1.29, 1.82) is 0 Å². The molecule has 4 heterocycles. The summed E-state index contributed by atoms with van der Waals surface area (Å²) in [6, 6.07) is 6.63. The summed E-state index contributed by atoms with van der Waals surface area (Å²) in [4.78, 5) is 31.9. The molecule has 0 saturated carbocycles. The van der Waals surface area contributed by atoms with Crippen molar-refractivity contribution in [2.24, 2.45) is 5.92 Å². The van der Waals surface area contributed by atoms with Gasteiger partial charge in [0.2, 0.25) is 0 Å². The number of alkyl halides is 1. The number of nitrogens with zero attached hydrogens (tertiary/aromatic N) is 5. The third kappa shape index (κ3) is 4.37. The minimum atomic E-state index is -1.52. The predicted octanol–water partition coefficient (Wildman–Crippen LogP) is 4.63. The molecule has 3 aromatic rings. The van der Waals surface area contributed by atoms with E-state index in [4.69, 9.17) is 4.98 Å². The van der Waals surface area contributed by atoms with Crippen molar-refractivity contribution in [2.45, 2.75) is 39.4 Å². The van der Waals surface area contributed by atoms with E-state index in [1.54, 1.807) is 29.4 Å². The zero-order chi connectivity index (χ0) is 22.9. The van der Waals surface area contributed by atoms with Gasteiger partial charge in [0, 0.05) is 42.3 Å². The Morgan fingerprint density at radius 2 is 2.03 bits per heavy atom. The summed E-state index contributed by atoms with van der Waals surface area (Å²) in [6.07, 6.45) is 6.10. The van der Waals surface area contributed by atoms with E-state index in [-0.39, 0.29) is 18.0 Å². The lowest BCUT2D eigenvalue weighted by Crippen LogP contribution is -2.45.